The van der Waals surface area contributed by atoms with Crippen LogP contribution in [0.15, 0.2) is 84.9 Å². The maximum atomic E-state index is 14.9. The molecule has 4 unspecified atom stereocenters. The molecule has 48 heavy (non-hydrogen) atoms. The van der Waals surface area contributed by atoms with Gasteiger partial charge in [0.2, 0.25) is 0 Å². The predicted octanol–water partition coefficient (Wildman–Crippen LogP) is 12.3. The first kappa shape index (κ1) is 28.8. The molecule has 2 heterocycles. The summed E-state index contributed by atoms with van der Waals surface area (Å²) in [7, 11) is 0. The van der Waals surface area contributed by atoms with Crippen LogP contribution in [0.3, 0.4) is 0 Å². The van der Waals surface area contributed by atoms with Gasteiger partial charge in [0.15, 0.2) is 0 Å². The highest BCUT2D eigenvalue weighted by molar-refractivity contribution is 6.28. The number of rotatable bonds is 2. The summed E-state index contributed by atoms with van der Waals surface area (Å²) in [6.07, 6.45) is 8.94. The van der Waals surface area contributed by atoms with E-state index in [4.69, 9.17) is 0 Å². The normalized spacial score (nSPS) is 29.5. The van der Waals surface area contributed by atoms with Crippen molar-refractivity contribution in [2.75, 3.05) is 9.80 Å². The summed E-state index contributed by atoms with van der Waals surface area (Å²) in [6, 6.07) is 29.3. The Labute approximate surface area is 281 Å². The molecule has 6 aromatic carbocycles. The van der Waals surface area contributed by atoms with E-state index < -0.39 is 0 Å². The molecule has 4 aliphatic rings. The molecular weight excluding hydrogens is 594 g/mol. The summed E-state index contributed by atoms with van der Waals surface area (Å²) < 4.78 is 29.7. The standard InChI is InChI=1S/C44H42F2N2/c1-41-21-5-7-23-43(41,3)47(37-19-13-29(45)25-33(37)41)35-17-11-27-10-16-32-36(18-12-28-9-15-31(35)39(27)40(28)32)48-38-20-14-30(46)26-34(38)42(2)22-6-8-24-44(42,48)4/h9-20,25-26H,5-8,21-24H2,1-4H3. The van der Waals surface area contributed by atoms with Gasteiger partial charge in [-0.2, -0.15) is 0 Å². The molecule has 0 bridgehead atoms. The minimum atomic E-state index is -0.163. The van der Waals surface area contributed by atoms with Gasteiger partial charge in [0, 0.05) is 44.4 Å². The molecule has 2 saturated carbocycles. The van der Waals surface area contributed by atoms with Crippen LogP contribution in [0.1, 0.15) is 90.2 Å². The zero-order valence-electron chi connectivity index (χ0n) is 28.4. The second kappa shape index (κ2) is 9.28. The molecule has 10 rings (SSSR count). The van der Waals surface area contributed by atoms with E-state index in [1.165, 1.54) is 69.4 Å². The molecule has 2 aliphatic carbocycles. The average molecular weight is 637 g/mol. The van der Waals surface area contributed by atoms with E-state index in [1.807, 2.05) is 12.1 Å². The van der Waals surface area contributed by atoms with Crippen LogP contribution >= 0.6 is 0 Å². The van der Waals surface area contributed by atoms with Gasteiger partial charge in [-0.25, -0.2) is 8.78 Å². The number of benzene rings is 6. The molecule has 2 nitrogen and oxygen atoms in total. The molecule has 2 aliphatic heterocycles. The van der Waals surface area contributed by atoms with Crippen molar-refractivity contribution in [2.45, 2.75) is 101 Å². The molecule has 0 spiro atoms. The minimum absolute atomic E-state index is 0.134. The Morgan fingerprint density at radius 3 is 1.27 bits per heavy atom. The van der Waals surface area contributed by atoms with Crippen molar-refractivity contribution in [1.82, 2.24) is 0 Å². The van der Waals surface area contributed by atoms with Crippen molar-refractivity contribution in [3.05, 3.63) is 108 Å². The Hall–Kier alpha value is -4.18. The van der Waals surface area contributed by atoms with E-state index in [0.29, 0.717) is 0 Å². The Morgan fingerprint density at radius 2 is 0.833 bits per heavy atom. The van der Waals surface area contributed by atoms with Gasteiger partial charge in [-0.1, -0.05) is 75.9 Å². The van der Waals surface area contributed by atoms with Crippen LogP contribution in [0.5, 0.6) is 0 Å². The molecule has 2 fully saturated rings. The van der Waals surface area contributed by atoms with Crippen molar-refractivity contribution in [3.8, 4) is 0 Å². The Balaban J connectivity index is 1.24. The van der Waals surface area contributed by atoms with Crippen LogP contribution in [0.4, 0.5) is 31.5 Å². The fourth-order valence-electron chi connectivity index (χ4n) is 11.3. The van der Waals surface area contributed by atoms with Gasteiger partial charge in [0.25, 0.3) is 0 Å². The first-order chi connectivity index (χ1) is 23.1. The highest BCUT2D eigenvalue weighted by atomic mass is 19.1. The zero-order chi connectivity index (χ0) is 32.8. The summed E-state index contributed by atoms with van der Waals surface area (Å²) in [5, 5.41) is 7.53. The maximum absolute atomic E-state index is 14.9. The van der Waals surface area contributed by atoms with Gasteiger partial charge in [0.05, 0.1) is 11.1 Å². The first-order valence-corrected chi connectivity index (χ1v) is 18.0. The lowest BCUT2D eigenvalue weighted by molar-refractivity contribution is 0.195. The van der Waals surface area contributed by atoms with Crippen molar-refractivity contribution in [3.63, 3.8) is 0 Å². The van der Waals surface area contributed by atoms with Gasteiger partial charge in [-0.05, 0) is 121 Å². The largest absolute Gasteiger partial charge is 0.334 e. The SMILES string of the molecule is CC12CCCCC1(C)N(c1ccc3ccc4c(N5c6ccc(F)cc6C6(C)CCCCC56C)ccc5ccc1c3c54)c1ccc(F)cc12. The molecule has 0 amide bonds. The van der Waals surface area contributed by atoms with E-state index in [1.54, 1.807) is 24.3 Å². The molecule has 0 N–H and O–H groups in total. The molecule has 6 aromatic rings. The van der Waals surface area contributed by atoms with Crippen LogP contribution in [0, 0.1) is 11.6 Å². The molecule has 0 aromatic heterocycles. The molecule has 0 saturated heterocycles. The van der Waals surface area contributed by atoms with Crippen molar-refractivity contribution < 1.29 is 8.78 Å². The van der Waals surface area contributed by atoms with Crippen LogP contribution in [-0.4, -0.2) is 11.1 Å². The number of anilines is 4. The molecular formula is C44H42F2N2. The predicted molar refractivity (Wildman–Crippen MR) is 196 cm³/mol. The highest BCUT2D eigenvalue weighted by Gasteiger charge is 2.59. The van der Waals surface area contributed by atoms with E-state index in [-0.39, 0.29) is 33.5 Å². The van der Waals surface area contributed by atoms with Gasteiger partial charge < -0.3 is 9.80 Å². The third-order valence-electron chi connectivity index (χ3n) is 14.2. The molecule has 0 radical (unpaired) electrons. The van der Waals surface area contributed by atoms with Crippen molar-refractivity contribution in [2.24, 2.45) is 0 Å². The summed E-state index contributed by atoms with van der Waals surface area (Å²) in [4.78, 5) is 5.15. The topological polar surface area (TPSA) is 6.48 Å². The summed E-state index contributed by atoms with van der Waals surface area (Å²) in [5.74, 6) is -0.303. The Kier molecular flexibility index (Phi) is 5.57. The van der Waals surface area contributed by atoms with E-state index in [0.717, 1.165) is 48.2 Å². The van der Waals surface area contributed by atoms with Crippen LogP contribution in [0.25, 0.3) is 32.3 Å². The van der Waals surface area contributed by atoms with Crippen LogP contribution in [0.2, 0.25) is 0 Å². The lowest BCUT2D eigenvalue weighted by Crippen LogP contribution is -2.54. The van der Waals surface area contributed by atoms with E-state index in [9.17, 15) is 8.78 Å². The first-order valence-electron chi connectivity index (χ1n) is 18.0. The quantitative estimate of drug-likeness (QED) is 0.175. The number of hydrogen-bond acceptors (Lipinski definition) is 2. The summed E-state index contributed by atoms with van der Waals surface area (Å²) in [6.45, 7) is 9.56. The van der Waals surface area contributed by atoms with Crippen LogP contribution in [-0.2, 0) is 10.8 Å². The van der Waals surface area contributed by atoms with Gasteiger partial charge in [0.1, 0.15) is 11.6 Å². The van der Waals surface area contributed by atoms with Crippen LogP contribution < -0.4 is 9.80 Å². The van der Waals surface area contributed by atoms with E-state index >= 15 is 0 Å². The lowest BCUT2D eigenvalue weighted by atomic mass is 9.61. The van der Waals surface area contributed by atoms with Crippen molar-refractivity contribution >= 4 is 55.1 Å². The number of fused-ring (bicyclic) bond motifs is 6. The maximum Gasteiger partial charge on any atom is 0.123 e. The molecule has 242 valence electrons. The number of hydrogen-bond donors (Lipinski definition) is 0. The lowest BCUT2D eigenvalue weighted by Gasteiger charge is -2.50. The van der Waals surface area contributed by atoms with Gasteiger partial charge in [-0.15, -0.1) is 0 Å². The van der Waals surface area contributed by atoms with Gasteiger partial charge in [-0.3, -0.25) is 0 Å². The monoisotopic (exact) mass is 636 g/mol. The smallest absolute Gasteiger partial charge is 0.123 e. The fourth-order valence-corrected chi connectivity index (χ4v) is 11.3. The minimum Gasteiger partial charge on any atom is -0.334 e. The van der Waals surface area contributed by atoms with Gasteiger partial charge >= 0.3 is 0 Å². The molecule has 4 heteroatoms. The molecule has 4 atom stereocenters. The third kappa shape index (κ3) is 3.28. The Morgan fingerprint density at radius 1 is 0.458 bits per heavy atom. The summed E-state index contributed by atoms with van der Waals surface area (Å²) in [5.41, 5.74) is 6.39. The second-order valence-electron chi connectivity index (χ2n) is 16.2. The number of halogens is 2. The highest BCUT2D eigenvalue weighted by Crippen LogP contribution is 2.63. The number of nitrogens with zero attached hydrogens (tertiary/aromatic N) is 2. The third-order valence-corrected chi connectivity index (χ3v) is 14.2. The van der Waals surface area contributed by atoms with E-state index in [2.05, 4.69) is 86.0 Å². The summed E-state index contributed by atoms with van der Waals surface area (Å²) >= 11 is 0. The second-order valence-corrected chi connectivity index (χ2v) is 16.2. The fraction of sp³-hybridized carbons (Fsp3) is 0.364. The zero-order valence-corrected chi connectivity index (χ0v) is 28.4. The van der Waals surface area contributed by atoms with Crippen molar-refractivity contribution in [1.29, 1.82) is 0 Å². The average Bonchev–Trinajstić information content (AvgIpc) is 3.41. The Bertz CT molecular complexity index is 2160.